The third-order valence-corrected chi connectivity index (χ3v) is 8.39. The van der Waals surface area contributed by atoms with Crippen LogP contribution in [0.25, 0.3) is 0 Å². The van der Waals surface area contributed by atoms with Gasteiger partial charge in [0.1, 0.15) is 5.82 Å². The average Bonchev–Trinajstić information content (AvgIpc) is 2.94. The molecule has 0 N–H and O–H groups in total. The molecule has 3 fully saturated rings. The lowest BCUT2D eigenvalue weighted by Crippen LogP contribution is -2.27. The van der Waals surface area contributed by atoms with Crippen LogP contribution in [0.15, 0.2) is 42.5 Å². The Hall–Kier alpha value is -1.71. The van der Waals surface area contributed by atoms with Crippen LogP contribution in [0.3, 0.4) is 0 Å². The number of ether oxygens (including phenoxy) is 2. The molecule has 5 rings (SSSR count). The molecule has 0 aromatic heterocycles. The van der Waals surface area contributed by atoms with Crippen molar-refractivity contribution >= 4 is 0 Å². The maximum Gasteiger partial charge on any atom is 0.154 e. The zero-order chi connectivity index (χ0) is 30.8. The number of rotatable bonds is 0. The van der Waals surface area contributed by atoms with E-state index >= 15 is 0 Å². The van der Waals surface area contributed by atoms with Crippen molar-refractivity contribution in [2.45, 2.75) is 134 Å². The summed E-state index contributed by atoms with van der Waals surface area (Å²) in [7, 11) is 0. The van der Waals surface area contributed by atoms with Gasteiger partial charge in [-0.05, 0) is 75.5 Å². The van der Waals surface area contributed by atoms with Gasteiger partial charge in [-0.3, -0.25) is 0 Å². The lowest BCUT2D eigenvalue weighted by Gasteiger charge is -2.24. The van der Waals surface area contributed by atoms with Crippen LogP contribution >= 0.6 is 0 Å². The van der Waals surface area contributed by atoms with Crippen LogP contribution in [-0.2, 0) is 9.47 Å². The summed E-state index contributed by atoms with van der Waals surface area (Å²) in [5.41, 5.74) is 4.34. The highest BCUT2D eigenvalue weighted by Crippen LogP contribution is 2.28. The number of halogens is 1. The second-order valence-electron chi connectivity index (χ2n) is 13.5. The van der Waals surface area contributed by atoms with Gasteiger partial charge in [0.25, 0.3) is 0 Å². The minimum atomic E-state index is -0.116. The SMILES string of the molecule is C.CC1CCC(C)CC1.CC1CCC(C)CC1.CC1COC(C)OC1.Cc1ccc(C)c(F)c1.Cc1ccc(C)cc1. The molecule has 0 amide bonds. The first-order valence-corrected chi connectivity index (χ1v) is 16.3. The maximum atomic E-state index is 12.6. The molecule has 2 aliphatic carbocycles. The molecule has 42 heavy (non-hydrogen) atoms. The zero-order valence-corrected chi connectivity index (χ0v) is 28.3. The van der Waals surface area contributed by atoms with Crippen molar-refractivity contribution in [1.82, 2.24) is 0 Å². The van der Waals surface area contributed by atoms with Crippen molar-refractivity contribution in [3.05, 3.63) is 70.5 Å². The summed E-state index contributed by atoms with van der Waals surface area (Å²) in [5, 5.41) is 0. The number of benzene rings is 2. The molecular weight excluding hydrogens is 519 g/mol. The van der Waals surface area contributed by atoms with Crippen LogP contribution in [0.1, 0.15) is 123 Å². The number of aryl methyl sites for hydroxylation is 4. The van der Waals surface area contributed by atoms with Gasteiger partial charge in [-0.2, -0.15) is 0 Å². The third kappa shape index (κ3) is 20.2. The molecule has 0 spiro atoms. The molecule has 2 saturated carbocycles. The standard InChI is InChI=1S/C8H9F.2C8H16.C8H10.C6H12O2.CH4/c1-6-3-4-7(2)8(9)5-6;3*1-7-3-5-8(2)6-4-7;1-5-3-7-6(2)8-4-5;/h3-5H,1-2H3;2*7-8H,3-6H2,1-2H3;3-6H,1-2H3;5-6H,3-4H2,1-2H3;1H4. The normalized spacial score (nSPS) is 26.5. The average molecular weight is 587 g/mol. The summed E-state index contributed by atoms with van der Waals surface area (Å²) in [6.07, 6.45) is 11.8. The van der Waals surface area contributed by atoms with Gasteiger partial charge in [0.2, 0.25) is 0 Å². The van der Waals surface area contributed by atoms with E-state index in [-0.39, 0.29) is 19.5 Å². The Kier molecular flexibility index (Phi) is 21.8. The number of hydrogen-bond donors (Lipinski definition) is 0. The van der Waals surface area contributed by atoms with Crippen molar-refractivity contribution in [2.75, 3.05) is 13.2 Å². The fraction of sp³-hybridized carbons (Fsp3) is 0.692. The fourth-order valence-electron chi connectivity index (χ4n) is 4.88. The maximum absolute atomic E-state index is 12.6. The molecule has 3 heteroatoms. The molecular formula is C39H67FO2. The molecule has 2 nitrogen and oxygen atoms in total. The Bertz CT molecular complexity index is 802. The minimum Gasteiger partial charge on any atom is -0.353 e. The lowest BCUT2D eigenvalue weighted by atomic mass is 9.84. The first kappa shape index (κ1) is 40.3. The smallest absolute Gasteiger partial charge is 0.154 e. The topological polar surface area (TPSA) is 18.5 Å². The van der Waals surface area contributed by atoms with Gasteiger partial charge in [-0.1, -0.05) is 141 Å². The summed E-state index contributed by atoms with van der Waals surface area (Å²) in [6, 6.07) is 13.7. The summed E-state index contributed by atoms with van der Waals surface area (Å²) in [4.78, 5) is 0. The highest BCUT2D eigenvalue weighted by Gasteiger charge is 2.14. The Balaban J connectivity index is 0.000000498. The fourth-order valence-corrected chi connectivity index (χ4v) is 4.88. The minimum absolute atomic E-state index is 0. The molecule has 0 unspecified atom stereocenters. The van der Waals surface area contributed by atoms with E-state index in [1.807, 2.05) is 19.9 Å². The predicted octanol–water partition coefficient (Wildman–Crippen LogP) is 12.1. The van der Waals surface area contributed by atoms with Crippen LogP contribution in [-0.4, -0.2) is 19.5 Å². The Morgan fingerprint density at radius 3 is 1.07 bits per heavy atom. The molecule has 0 bridgehead atoms. The predicted molar refractivity (Wildman–Crippen MR) is 183 cm³/mol. The summed E-state index contributed by atoms with van der Waals surface area (Å²) < 4.78 is 22.9. The van der Waals surface area contributed by atoms with E-state index in [0.717, 1.165) is 42.4 Å². The molecule has 1 aliphatic heterocycles. The van der Waals surface area contributed by atoms with E-state index in [1.54, 1.807) is 13.0 Å². The molecule has 2 aromatic carbocycles. The zero-order valence-electron chi connectivity index (χ0n) is 28.3. The van der Waals surface area contributed by atoms with Gasteiger partial charge in [-0.25, -0.2) is 4.39 Å². The van der Waals surface area contributed by atoms with Crippen molar-refractivity contribution in [3.8, 4) is 0 Å². The summed E-state index contributed by atoms with van der Waals surface area (Å²) in [5.74, 6) is 4.54. The molecule has 2 aromatic rings. The Morgan fingerprint density at radius 2 is 0.810 bits per heavy atom. The monoisotopic (exact) mass is 587 g/mol. The second kappa shape index (κ2) is 22.8. The van der Waals surface area contributed by atoms with Crippen LogP contribution in [0.5, 0.6) is 0 Å². The van der Waals surface area contributed by atoms with Gasteiger partial charge in [-0.15, -0.1) is 0 Å². The van der Waals surface area contributed by atoms with E-state index in [2.05, 4.69) is 72.7 Å². The van der Waals surface area contributed by atoms with Gasteiger partial charge >= 0.3 is 0 Å². The molecule has 0 radical (unpaired) electrons. The third-order valence-electron chi connectivity index (χ3n) is 8.39. The van der Waals surface area contributed by atoms with Crippen molar-refractivity contribution in [1.29, 1.82) is 0 Å². The largest absolute Gasteiger partial charge is 0.353 e. The molecule has 3 aliphatic rings. The quantitative estimate of drug-likeness (QED) is 0.306. The molecule has 1 heterocycles. The second-order valence-corrected chi connectivity index (χ2v) is 13.5. The number of hydrogen-bond acceptors (Lipinski definition) is 2. The Labute approximate surface area is 261 Å². The first-order chi connectivity index (χ1) is 19.3. The highest BCUT2D eigenvalue weighted by atomic mass is 19.1. The Morgan fingerprint density at radius 1 is 0.500 bits per heavy atom. The van der Waals surface area contributed by atoms with Crippen LogP contribution in [0.4, 0.5) is 4.39 Å². The van der Waals surface area contributed by atoms with Gasteiger partial charge < -0.3 is 9.47 Å². The van der Waals surface area contributed by atoms with Crippen LogP contribution in [0, 0.1) is 63.1 Å². The van der Waals surface area contributed by atoms with E-state index in [0.29, 0.717) is 11.5 Å². The molecule has 242 valence electrons. The first-order valence-electron chi connectivity index (χ1n) is 16.3. The van der Waals surface area contributed by atoms with Crippen molar-refractivity contribution < 1.29 is 13.9 Å². The van der Waals surface area contributed by atoms with E-state index in [1.165, 1.54) is 68.6 Å². The van der Waals surface area contributed by atoms with Crippen LogP contribution < -0.4 is 0 Å². The van der Waals surface area contributed by atoms with E-state index < -0.39 is 0 Å². The van der Waals surface area contributed by atoms with Gasteiger partial charge in [0.15, 0.2) is 6.29 Å². The van der Waals surface area contributed by atoms with E-state index in [4.69, 9.17) is 9.47 Å². The molecule has 0 atom stereocenters. The molecule has 1 saturated heterocycles. The highest BCUT2D eigenvalue weighted by molar-refractivity contribution is 5.21. The summed E-state index contributed by atoms with van der Waals surface area (Å²) in [6.45, 7) is 23.0. The van der Waals surface area contributed by atoms with Crippen LogP contribution in [0.2, 0.25) is 0 Å². The van der Waals surface area contributed by atoms with E-state index in [9.17, 15) is 4.39 Å². The summed E-state index contributed by atoms with van der Waals surface area (Å²) >= 11 is 0. The van der Waals surface area contributed by atoms with Gasteiger partial charge in [0, 0.05) is 5.92 Å². The van der Waals surface area contributed by atoms with Crippen molar-refractivity contribution in [3.63, 3.8) is 0 Å². The lowest BCUT2D eigenvalue weighted by molar-refractivity contribution is -0.187. The van der Waals surface area contributed by atoms with Gasteiger partial charge in [0.05, 0.1) is 13.2 Å². The van der Waals surface area contributed by atoms with Crippen molar-refractivity contribution in [2.24, 2.45) is 29.6 Å².